The van der Waals surface area contributed by atoms with Crippen LogP contribution in [0.5, 0.6) is 0 Å². The van der Waals surface area contributed by atoms with Crippen LogP contribution in [0.25, 0.3) is 0 Å². The van der Waals surface area contributed by atoms with Crippen molar-refractivity contribution < 1.29 is 4.74 Å². The van der Waals surface area contributed by atoms with Crippen molar-refractivity contribution >= 4 is 16.7 Å². The molecule has 0 amide bonds. The molecule has 1 N–H and O–H groups in total. The summed E-state index contributed by atoms with van der Waals surface area (Å²) < 4.78 is 9.39. The van der Waals surface area contributed by atoms with Gasteiger partial charge in [-0.2, -0.15) is 4.37 Å². The van der Waals surface area contributed by atoms with Gasteiger partial charge in [-0.15, -0.1) is 0 Å². The number of nitrogens with zero attached hydrogens (tertiary/aromatic N) is 2. The molecule has 5 heteroatoms. The van der Waals surface area contributed by atoms with Gasteiger partial charge < -0.3 is 10.1 Å². The third-order valence-corrected chi connectivity index (χ3v) is 3.03. The minimum atomic E-state index is 0.375. The monoisotopic (exact) mass is 199 g/mol. The summed E-state index contributed by atoms with van der Waals surface area (Å²) in [6, 6.07) is 0. The van der Waals surface area contributed by atoms with Crippen molar-refractivity contribution in [3.63, 3.8) is 0 Å². The van der Waals surface area contributed by atoms with Crippen molar-refractivity contribution in [1.82, 2.24) is 9.36 Å². The summed E-state index contributed by atoms with van der Waals surface area (Å²) >= 11 is 1.39. The highest BCUT2D eigenvalue weighted by Gasteiger charge is 2.23. The van der Waals surface area contributed by atoms with Crippen LogP contribution in [0.3, 0.4) is 0 Å². The molecule has 0 bridgehead atoms. The van der Waals surface area contributed by atoms with E-state index in [0.717, 1.165) is 24.7 Å². The largest absolute Gasteiger partial charge is 0.378 e. The molecule has 2 heterocycles. The second-order valence-electron chi connectivity index (χ2n) is 3.25. The summed E-state index contributed by atoms with van der Waals surface area (Å²) in [5.74, 6) is 0.615. The van der Waals surface area contributed by atoms with E-state index in [4.69, 9.17) is 4.74 Å². The summed E-state index contributed by atoms with van der Waals surface area (Å²) in [5.41, 5.74) is 0. The van der Waals surface area contributed by atoms with Crippen LogP contribution in [-0.2, 0) is 4.74 Å². The van der Waals surface area contributed by atoms with Gasteiger partial charge in [0.1, 0.15) is 6.33 Å². The lowest BCUT2D eigenvalue weighted by atomic mass is 10.0. The molecule has 1 aromatic heterocycles. The molecule has 13 heavy (non-hydrogen) atoms. The summed E-state index contributed by atoms with van der Waals surface area (Å²) in [6.45, 7) is 3.96. The molecule has 0 aromatic carbocycles. The van der Waals surface area contributed by atoms with Crippen LogP contribution in [0.2, 0.25) is 0 Å². The van der Waals surface area contributed by atoms with Crippen molar-refractivity contribution in [2.45, 2.75) is 19.4 Å². The Hall–Kier alpha value is -0.680. The number of anilines is 1. The van der Waals surface area contributed by atoms with Crippen molar-refractivity contribution in [3.8, 4) is 0 Å². The molecule has 1 saturated heterocycles. The quantitative estimate of drug-likeness (QED) is 0.798. The first-order chi connectivity index (χ1) is 6.36. The summed E-state index contributed by atoms with van der Waals surface area (Å²) in [5, 5.41) is 4.16. The maximum atomic E-state index is 5.46. The van der Waals surface area contributed by atoms with Gasteiger partial charge >= 0.3 is 0 Å². The highest BCUT2D eigenvalue weighted by atomic mass is 32.1. The summed E-state index contributed by atoms with van der Waals surface area (Å²) in [6.07, 6.45) is 3.09. The van der Waals surface area contributed by atoms with Crippen molar-refractivity contribution in [1.29, 1.82) is 0 Å². The molecule has 2 unspecified atom stereocenters. The van der Waals surface area contributed by atoms with Gasteiger partial charge in [0, 0.05) is 30.6 Å². The van der Waals surface area contributed by atoms with Gasteiger partial charge in [-0.1, -0.05) is 0 Å². The summed E-state index contributed by atoms with van der Waals surface area (Å²) in [7, 11) is 0. The third kappa shape index (κ3) is 2.16. The molecule has 1 aliphatic heterocycles. The Morgan fingerprint density at radius 2 is 2.69 bits per heavy atom. The van der Waals surface area contributed by atoms with E-state index in [2.05, 4.69) is 21.6 Å². The normalized spacial score (nSPS) is 27.8. The van der Waals surface area contributed by atoms with Crippen LogP contribution in [0.15, 0.2) is 6.33 Å². The minimum Gasteiger partial charge on any atom is -0.378 e. The average Bonchev–Trinajstić information content (AvgIpc) is 2.72. The number of hydrogen-bond donors (Lipinski definition) is 1. The zero-order chi connectivity index (χ0) is 9.10. The Kier molecular flexibility index (Phi) is 2.75. The van der Waals surface area contributed by atoms with E-state index in [1.165, 1.54) is 11.5 Å². The van der Waals surface area contributed by atoms with E-state index in [-0.39, 0.29) is 0 Å². The Bertz CT molecular complexity index is 252. The molecular formula is C8H13N3OS. The molecule has 1 aromatic rings. The molecule has 0 spiro atoms. The second kappa shape index (κ2) is 4.02. The molecule has 0 radical (unpaired) electrons. The minimum absolute atomic E-state index is 0.375. The first-order valence-electron chi connectivity index (χ1n) is 4.48. The number of hydrogen-bond acceptors (Lipinski definition) is 5. The molecular weight excluding hydrogens is 186 g/mol. The van der Waals surface area contributed by atoms with Crippen LogP contribution >= 0.6 is 11.5 Å². The van der Waals surface area contributed by atoms with Crippen molar-refractivity contribution in [2.24, 2.45) is 5.92 Å². The number of rotatable bonds is 3. The van der Waals surface area contributed by atoms with Crippen LogP contribution < -0.4 is 5.32 Å². The van der Waals surface area contributed by atoms with E-state index in [1.807, 2.05) is 0 Å². The van der Waals surface area contributed by atoms with Crippen LogP contribution in [0, 0.1) is 5.92 Å². The van der Waals surface area contributed by atoms with E-state index >= 15 is 0 Å². The molecule has 0 aliphatic carbocycles. The van der Waals surface area contributed by atoms with Gasteiger partial charge in [0.2, 0.25) is 5.13 Å². The van der Waals surface area contributed by atoms with Gasteiger partial charge in [0.15, 0.2) is 0 Å². The second-order valence-corrected chi connectivity index (χ2v) is 4.03. The topological polar surface area (TPSA) is 47.0 Å². The Morgan fingerprint density at radius 1 is 1.77 bits per heavy atom. The number of aromatic nitrogens is 2. The maximum Gasteiger partial charge on any atom is 0.202 e. The number of nitrogens with one attached hydrogen (secondary N) is 1. The third-order valence-electron chi connectivity index (χ3n) is 2.41. The van der Waals surface area contributed by atoms with E-state index in [9.17, 15) is 0 Å². The molecule has 0 saturated carbocycles. The van der Waals surface area contributed by atoms with Gasteiger partial charge in [-0.05, 0) is 13.3 Å². The van der Waals surface area contributed by atoms with Gasteiger partial charge in [-0.3, -0.25) is 0 Å². The molecule has 1 aliphatic rings. The first-order valence-corrected chi connectivity index (χ1v) is 5.26. The Morgan fingerprint density at radius 3 is 3.31 bits per heavy atom. The van der Waals surface area contributed by atoms with Crippen LogP contribution in [-0.4, -0.2) is 28.6 Å². The van der Waals surface area contributed by atoms with E-state index < -0.39 is 0 Å². The first kappa shape index (κ1) is 8.90. The highest BCUT2D eigenvalue weighted by Crippen LogP contribution is 2.21. The predicted molar refractivity (Wildman–Crippen MR) is 51.9 cm³/mol. The SMILES string of the molecule is CC1OCCC1CNc1ncns1. The molecule has 72 valence electrons. The fourth-order valence-electron chi connectivity index (χ4n) is 1.51. The van der Waals surface area contributed by atoms with Gasteiger partial charge in [0.25, 0.3) is 0 Å². The smallest absolute Gasteiger partial charge is 0.202 e. The Balaban J connectivity index is 1.79. The fourth-order valence-corrected chi connectivity index (χ4v) is 1.95. The van der Waals surface area contributed by atoms with Crippen LogP contribution in [0.4, 0.5) is 5.13 Å². The zero-order valence-corrected chi connectivity index (χ0v) is 8.38. The van der Waals surface area contributed by atoms with Crippen molar-refractivity contribution in [3.05, 3.63) is 6.33 Å². The van der Waals surface area contributed by atoms with E-state index in [0.29, 0.717) is 12.0 Å². The standard InChI is InChI=1S/C8H13N3OS/c1-6-7(2-3-12-6)4-9-8-10-5-11-13-8/h5-7H,2-4H2,1H3,(H,9,10,11). The average molecular weight is 199 g/mol. The molecule has 1 fully saturated rings. The number of ether oxygens (including phenoxy) is 1. The maximum absolute atomic E-state index is 5.46. The van der Waals surface area contributed by atoms with Crippen LogP contribution in [0.1, 0.15) is 13.3 Å². The zero-order valence-electron chi connectivity index (χ0n) is 7.56. The molecule has 2 atom stereocenters. The fraction of sp³-hybridized carbons (Fsp3) is 0.750. The van der Waals surface area contributed by atoms with Gasteiger partial charge in [0.05, 0.1) is 6.10 Å². The molecule has 4 nitrogen and oxygen atoms in total. The summed E-state index contributed by atoms with van der Waals surface area (Å²) in [4.78, 5) is 4.06. The lowest BCUT2D eigenvalue weighted by Gasteiger charge is -2.13. The Labute approximate surface area is 81.5 Å². The molecule has 2 rings (SSSR count). The predicted octanol–water partition coefficient (Wildman–Crippen LogP) is 1.37. The van der Waals surface area contributed by atoms with E-state index in [1.54, 1.807) is 6.33 Å². The lowest BCUT2D eigenvalue weighted by molar-refractivity contribution is 0.108. The van der Waals surface area contributed by atoms with Gasteiger partial charge in [-0.25, -0.2) is 4.98 Å². The lowest BCUT2D eigenvalue weighted by Crippen LogP contribution is -2.20. The highest BCUT2D eigenvalue weighted by molar-refractivity contribution is 7.09. The van der Waals surface area contributed by atoms with Crippen molar-refractivity contribution in [2.75, 3.05) is 18.5 Å².